The highest BCUT2D eigenvalue weighted by atomic mass is 32.2. The second kappa shape index (κ2) is 6.77. The van der Waals surface area contributed by atoms with Gasteiger partial charge in [-0.3, -0.25) is 9.78 Å². The molecule has 1 fully saturated rings. The largest absolute Gasteiger partial charge is 0.333 e. The van der Waals surface area contributed by atoms with Crippen LogP contribution in [0.5, 0.6) is 0 Å². The maximum Gasteiger partial charge on any atom is 0.250 e. The normalized spacial score (nSPS) is 18.3. The van der Waals surface area contributed by atoms with Gasteiger partial charge in [0.15, 0.2) is 0 Å². The number of rotatable bonds is 5. The number of likely N-dealkylation sites (tertiary alicyclic amines) is 1. The number of nitrogens with zero attached hydrogens (tertiary/aromatic N) is 2. The molecule has 3 heterocycles. The SMILES string of the molecule is O=C(CNS(=O)(=O)c1cccs1)N1CCC[C@H]1c1ccccn1. The summed E-state index contributed by atoms with van der Waals surface area (Å²) in [6.45, 7) is 0.393. The fraction of sp³-hybridized carbons (Fsp3) is 0.333. The van der Waals surface area contributed by atoms with Gasteiger partial charge in [0.25, 0.3) is 10.0 Å². The van der Waals surface area contributed by atoms with Gasteiger partial charge >= 0.3 is 0 Å². The lowest BCUT2D eigenvalue weighted by atomic mass is 10.1. The van der Waals surface area contributed by atoms with Crippen molar-refractivity contribution < 1.29 is 13.2 Å². The molecule has 2 aromatic heterocycles. The Morgan fingerprint density at radius 2 is 2.22 bits per heavy atom. The van der Waals surface area contributed by atoms with Crippen molar-refractivity contribution in [3.8, 4) is 0 Å². The molecule has 122 valence electrons. The molecule has 1 N–H and O–H groups in total. The summed E-state index contributed by atoms with van der Waals surface area (Å²) in [7, 11) is -3.62. The fourth-order valence-electron chi connectivity index (χ4n) is 2.69. The number of aromatic nitrogens is 1. The zero-order valence-corrected chi connectivity index (χ0v) is 14.0. The lowest BCUT2D eigenvalue weighted by molar-refractivity contribution is -0.130. The Kier molecular flexibility index (Phi) is 4.74. The van der Waals surface area contributed by atoms with Gasteiger partial charge in [-0.2, -0.15) is 0 Å². The van der Waals surface area contributed by atoms with E-state index in [0.29, 0.717) is 6.54 Å². The molecule has 0 bridgehead atoms. The van der Waals surface area contributed by atoms with Crippen molar-refractivity contribution in [3.05, 3.63) is 47.6 Å². The van der Waals surface area contributed by atoms with Crippen molar-refractivity contribution in [2.24, 2.45) is 0 Å². The zero-order valence-electron chi connectivity index (χ0n) is 12.4. The van der Waals surface area contributed by atoms with Gasteiger partial charge in [-0.15, -0.1) is 11.3 Å². The number of sulfonamides is 1. The summed E-state index contributed by atoms with van der Waals surface area (Å²) in [5, 5.41) is 1.69. The Morgan fingerprint density at radius 3 is 2.91 bits per heavy atom. The predicted molar refractivity (Wildman–Crippen MR) is 87.4 cm³/mol. The second-order valence-electron chi connectivity index (χ2n) is 5.26. The minimum atomic E-state index is -3.62. The fourth-order valence-corrected chi connectivity index (χ4v) is 4.70. The van der Waals surface area contributed by atoms with Crippen LogP contribution in [-0.2, 0) is 14.8 Å². The Balaban J connectivity index is 1.66. The van der Waals surface area contributed by atoms with Crippen molar-refractivity contribution in [1.82, 2.24) is 14.6 Å². The molecule has 6 nitrogen and oxygen atoms in total. The van der Waals surface area contributed by atoms with E-state index >= 15 is 0 Å². The van der Waals surface area contributed by atoms with E-state index in [0.717, 1.165) is 29.9 Å². The van der Waals surface area contributed by atoms with Crippen LogP contribution in [0.3, 0.4) is 0 Å². The molecule has 1 saturated heterocycles. The second-order valence-corrected chi connectivity index (χ2v) is 8.20. The first-order chi connectivity index (χ1) is 11.1. The van der Waals surface area contributed by atoms with Crippen molar-refractivity contribution in [2.45, 2.75) is 23.1 Å². The van der Waals surface area contributed by atoms with Crippen molar-refractivity contribution in [3.63, 3.8) is 0 Å². The monoisotopic (exact) mass is 351 g/mol. The summed E-state index contributed by atoms with van der Waals surface area (Å²) in [6.07, 6.45) is 3.45. The van der Waals surface area contributed by atoms with Gasteiger partial charge in [-0.1, -0.05) is 12.1 Å². The molecular formula is C15H17N3O3S2. The third-order valence-electron chi connectivity index (χ3n) is 3.78. The Bertz CT molecular complexity index is 761. The van der Waals surface area contributed by atoms with Crippen molar-refractivity contribution >= 4 is 27.3 Å². The summed E-state index contributed by atoms with van der Waals surface area (Å²) in [4.78, 5) is 18.4. The molecule has 0 aromatic carbocycles. The summed E-state index contributed by atoms with van der Waals surface area (Å²) >= 11 is 1.13. The van der Waals surface area contributed by atoms with Gasteiger partial charge in [0.2, 0.25) is 5.91 Å². The van der Waals surface area contributed by atoms with Crippen LogP contribution in [0.1, 0.15) is 24.6 Å². The number of pyridine rings is 1. The Hall–Kier alpha value is -1.77. The molecule has 0 spiro atoms. The van der Waals surface area contributed by atoms with E-state index in [-0.39, 0.29) is 22.7 Å². The first kappa shape index (κ1) is 16.1. The van der Waals surface area contributed by atoms with Gasteiger partial charge in [-0.05, 0) is 36.4 Å². The molecule has 0 unspecified atom stereocenters. The minimum absolute atomic E-state index is 0.0741. The van der Waals surface area contributed by atoms with Crippen molar-refractivity contribution in [2.75, 3.05) is 13.1 Å². The van der Waals surface area contributed by atoms with E-state index in [1.54, 1.807) is 22.5 Å². The highest BCUT2D eigenvalue weighted by molar-refractivity contribution is 7.91. The number of nitrogens with one attached hydrogen (secondary N) is 1. The topological polar surface area (TPSA) is 79.4 Å². The summed E-state index contributed by atoms with van der Waals surface area (Å²) < 4.78 is 26.8. The standard InChI is InChI=1S/C15H17N3O3S2/c19-14(11-17-23(20,21)15-7-4-10-22-15)18-9-3-6-13(18)12-5-1-2-8-16-12/h1-2,4-5,7-8,10,13,17H,3,6,9,11H2/t13-/m0/s1. The van der Waals surface area contributed by atoms with Crippen LogP contribution in [0.4, 0.5) is 0 Å². The molecule has 0 saturated carbocycles. The van der Waals surface area contributed by atoms with Gasteiger partial charge < -0.3 is 4.90 Å². The molecule has 23 heavy (non-hydrogen) atoms. The average Bonchev–Trinajstić information content (AvgIpc) is 3.25. The lowest BCUT2D eigenvalue weighted by Gasteiger charge is -2.24. The molecule has 1 aliphatic heterocycles. The van der Waals surface area contributed by atoms with Crippen LogP contribution in [-0.4, -0.2) is 37.3 Å². The first-order valence-corrected chi connectivity index (χ1v) is 9.68. The van der Waals surface area contributed by atoms with E-state index in [4.69, 9.17) is 0 Å². The molecule has 0 aliphatic carbocycles. The van der Waals surface area contributed by atoms with Crippen LogP contribution >= 0.6 is 11.3 Å². The molecule has 1 aliphatic rings. The van der Waals surface area contributed by atoms with Gasteiger partial charge in [0, 0.05) is 12.7 Å². The minimum Gasteiger partial charge on any atom is -0.333 e. The van der Waals surface area contributed by atoms with Crippen LogP contribution in [0.15, 0.2) is 46.1 Å². The van der Waals surface area contributed by atoms with E-state index in [9.17, 15) is 13.2 Å². The maximum absolute atomic E-state index is 12.4. The Morgan fingerprint density at radius 1 is 1.35 bits per heavy atom. The van der Waals surface area contributed by atoms with E-state index in [1.807, 2.05) is 18.2 Å². The Labute approximate surface area is 139 Å². The number of amides is 1. The zero-order chi connectivity index (χ0) is 16.3. The predicted octanol–water partition coefficient (Wildman–Crippen LogP) is 1.79. The van der Waals surface area contributed by atoms with Gasteiger partial charge in [0.1, 0.15) is 4.21 Å². The smallest absolute Gasteiger partial charge is 0.250 e. The molecular weight excluding hydrogens is 334 g/mol. The van der Waals surface area contributed by atoms with E-state index in [2.05, 4.69) is 9.71 Å². The molecule has 1 amide bonds. The van der Waals surface area contributed by atoms with Crippen molar-refractivity contribution in [1.29, 1.82) is 0 Å². The first-order valence-electron chi connectivity index (χ1n) is 7.31. The van der Waals surface area contributed by atoms with E-state index in [1.165, 1.54) is 6.07 Å². The number of hydrogen-bond donors (Lipinski definition) is 1. The molecule has 2 aromatic rings. The van der Waals surface area contributed by atoms with Gasteiger partial charge in [-0.25, -0.2) is 13.1 Å². The number of thiophene rings is 1. The molecule has 0 radical (unpaired) electrons. The third-order valence-corrected chi connectivity index (χ3v) is 6.57. The molecule has 3 rings (SSSR count). The van der Waals surface area contributed by atoms with Crippen LogP contribution in [0.2, 0.25) is 0 Å². The van der Waals surface area contributed by atoms with Crippen LogP contribution in [0.25, 0.3) is 0 Å². The highest BCUT2D eigenvalue weighted by Crippen LogP contribution is 2.30. The van der Waals surface area contributed by atoms with Crippen LogP contribution < -0.4 is 4.72 Å². The van der Waals surface area contributed by atoms with E-state index < -0.39 is 10.0 Å². The number of carbonyl (C=O) groups is 1. The lowest BCUT2D eigenvalue weighted by Crippen LogP contribution is -2.39. The number of hydrogen-bond acceptors (Lipinski definition) is 5. The quantitative estimate of drug-likeness (QED) is 0.891. The highest BCUT2D eigenvalue weighted by Gasteiger charge is 2.31. The third kappa shape index (κ3) is 3.60. The molecule has 1 atom stereocenters. The van der Waals surface area contributed by atoms with Gasteiger partial charge in [0.05, 0.1) is 18.3 Å². The van der Waals surface area contributed by atoms with Crippen LogP contribution in [0, 0.1) is 0 Å². The average molecular weight is 351 g/mol. The molecule has 8 heteroatoms. The summed E-state index contributed by atoms with van der Waals surface area (Å²) in [6, 6.07) is 8.73. The maximum atomic E-state index is 12.4. The number of carbonyl (C=O) groups excluding carboxylic acids is 1. The summed E-state index contributed by atoms with van der Waals surface area (Å²) in [5.74, 6) is -0.224. The summed E-state index contributed by atoms with van der Waals surface area (Å²) in [5.41, 5.74) is 0.847.